The minimum Gasteiger partial charge on any atom is -0.364 e. The third kappa shape index (κ3) is 3.14. The predicted molar refractivity (Wildman–Crippen MR) is 106 cm³/mol. The number of hydrogen-bond acceptors (Lipinski definition) is 7. The van der Waals surface area contributed by atoms with Crippen LogP contribution in [-0.4, -0.2) is 44.4 Å². The van der Waals surface area contributed by atoms with Gasteiger partial charge in [0.2, 0.25) is 11.8 Å². The van der Waals surface area contributed by atoms with Crippen LogP contribution in [0.2, 0.25) is 0 Å². The highest BCUT2D eigenvalue weighted by Gasteiger charge is 2.44. The molecular formula is C20H22N6O4. The largest absolute Gasteiger partial charge is 0.364 e. The number of aryl methyl sites for hydroxylation is 1. The summed E-state index contributed by atoms with van der Waals surface area (Å²) in [5.41, 5.74) is 8.98. The van der Waals surface area contributed by atoms with Crippen molar-refractivity contribution in [2.24, 2.45) is 12.8 Å². The van der Waals surface area contributed by atoms with Crippen LogP contribution in [0.1, 0.15) is 50.4 Å². The maximum atomic E-state index is 12.9. The molecule has 1 unspecified atom stereocenters. The normalized spacial score (nSPS) is 18.6. The van der Waals surface area contributed by atoms with Gasteiger partial charge in [0, 0.05) is 37.8 Å². The average molecular weight is 410 g/mol. The van der Waals surface area contributed by atoms with E-state index in [-0.39, 0.29) is 24.0 Å². The van der Waals surface area contributed by atoms with E-state index in [1.165, 1.54) is 0 Å². The van der Waals surface area contributed by atoms with Gasteiger partial charge in [-0.15, -0.1) is 0 Å². The van der Waals surface area contributed by atoms with E-state index in [9.17, 15) is 19.2 Å². The van der Waals surface area contributed by atoms with Gasteiger partial charge in [-0.3, -0.25) is 34.1 Å². The van der Waals surface area contributed by atoms with Crippen molar-refractivity contribution in [3.63, 3.8) is 0 Å². The molecule has 0 aliphatic carbocycles. The summed E-state index contributed by atoms with van der Waals surface area (Å²) in [6, 6.07) is 4.02. The molecule has 156 valence electrons. The van der Waals surface area contributed by atoms with Crippen LogP contribution in [0, 0.1) is 6.92 Å². The molecule has 2 aliphatic heterocycles. The van der Waals surface area contributed by atoms with Crippen molar-refractivity contribution in [2.45, 2.75) is 38.9 Å². The molecule has 10 nitrogen and oxygen atoms in total. The average Bonchev–Trinajstić information content (AvgIpc) is 3.13. The first kappa shape index (κ1) is 19.8. The number of amides is 4. The molecule has 3 heterocycles. The number of benzene rings is 1. The highest BCUT2D eigenvalue weighted by Crippen LogP contribution is 2.28. The lowest BCUT2D eigenvalue weighted by Crippen LogP contribution is -2.54. The Hall–Kier alpha value is -3.53. The van der Waals surface area contributed by atoms with Crippen molar-refractivity contribution >= 4 is 29.4 Å². The summed E-state index contributed by atoms with van der Waals surface area (Å²) < 4.78 is 1.74. The van der Waals surface area contributed by atoms with Gasteiger partial charge in [0.05, 0.1) is 11.1 Å². The van der Waals surface area contributed by atoms with Crippen molar-refractivity contribution in [2.75, 3.05) is 5.32 Å². The SMILES string of the molecule is Cc1c(CN)c(NCc2ccc3c(c2)C(=O)N(C2CCC(=O)NC2=O)C3=O)nn1C. The molecule has 0 saturated carbocycles. The minimum absolute atomic E-state index is 0.0892. The monoisotopic (exact) mass is 410 g/mol. The summed E-state index contributed by atoms with van der Waals surface area (Å²) in [7, 11) is 1.84. The molecule has 4 rings (SSSR count). The first-order valence-electron chi connectivity index (χ1n) is 9.62. The standard InChI is InChI=1S/C20H22N6O4/c1-10-14(8-21)17(24-25(10)2)22-9-11-3-4-12-13(7-11)20(30)26(19(12)29)15-5-6-16(27)23-18(15)28/h3-4,7,15H,5-6,8-9,21H2,1-2H3,(H,22,24)(H,23,27,28). The Balaban J connectivity index is 1.54. The number of piperidine rings is 1. The fraction of sp³-hybridized carbons (Fsp3) is 0.350. The molecule has 1 aromatic heterocycles. The van der Waals surface area contributed by atoms with Crippen molar-refractivity contribution in [1.82, 2.24) is 20.0 Å². The van der Waals surface area contributed by atoms with E-state index in [4.69, 9.17) is 5.73 Å². The highest BCUT2D eigenvalue weighted by molar-refractivity contribution is 6.23. The number of imide groups is 2. The fourth-order valence-electron chi connectivity index (χ4n) is 3.85. The van der Waals surface area contributed by atoms with Crippen LogP contribution < -0.4 is 16.4 Å². The Morgan fingerprint density at radius 1 is 1.20 bits per heavy atom. The molecular weight excluding hydrogens is 388 g/mol. The zero-order valence-corrected chi connectivity index (χ0v) is 16.7. The van der Waals surface area contributed by atoms with Crippen LogP contribution in [0.25, 0.3) is 0 Å². The molecule has 2 aromatic rings. The predicted octanol–water partition coefficient (Wildman–Crippen LogP) is 0.201. The van der Waals surface area contributed by atoms with Gasteiger partial charge in [-0.25, -0.2) is 0 Å². The summed E-state index contributed by atoms with van der Waals surface area (Å²) in [6.45, 7) is 2.67. The van der Waals surface area contributed by atoms with Gasteiger partial charge in [0.1, 0.15) is 6.04 Å². The molecule has 0 radical (unpaired) electrons. The lowest BCUT2D eigenvalue weighted by molar-refractivity contribution is -0.136. The Kier molecular flexibility index (Phi) is 4.86. The number of anilines is 1. The highest BCUT2D eigenvalue weighted by atomic mass is 16.2. The summed E-state index contributed by atoms with van der Waals surface area (Å²) in [5.74, 6) is -1.40. The van der Waals surface area contributed by atoms with E-state index in [0.717, 1.165) is 21.7 Å². The molecule has 2 aliphatic rings. The molecule has 1 saturated heterocycles. The lowest BCUT2D eigenvalue weighted by atomic mass is 10.0. The minimum atomic E-state index is -0.972. The zero-order chi connectivity index (χ0) is 21.6. The fourth-order valence-corrected chi connectivity index (χ4v) is 3.85. The number of aromatic nitrogens is 2. The second kappa shape index (κ2) is 7.38. The smallest absolute Gasteiger partial charge is 0.262 e. The topological polar surface area (TPSA) is 139 Å². The maximum absolute atomic E-state index is 12.9. The molecule has 1 atom stereocenters. The second-order valence-electron chi connectivity index (χ2n) is 7.42. The van der Waals surface area contributed by atoms with Crippen molar-refractivity contribution in [3.8, 4) is 0 Å². The van der Waals surface area contributed by atoms with Gasteiger partial charge in [-0.1, -0.05) is 6.07 Å². The van der Waals surface area contributed by atoms with Gasteiger partial charge in [0.15, 0.2) is 5.82 Å². The zero-order valence-electron chi connectivity index (χ0n) is 16.7. The van der Waals surface area contributed by atoms with Gasteiger partial charge in [0.25, 0.3) is 11.8 Å². The second-order valence-corrected chi connectivity index (χ2v) is 7.42. The Bertz CT molecular complexity index is 1090. The summed E-state index contributed by atoms with van der Waals surface area (Å²) in [4.78, 5) is 50.1. The molecule has 30 heavy (non-hydrogen) atoms. The summed E-state index contributed by atoms with van der Waals surface area (Å²) >= 11 is 0. The third-order valence-electron chi connectivity index (χ3n) is 5.63. The Morgan fingerprint density at radius 2 is 1.93 bits per heavy atom. The van der Waals surface area contributed by atoms with E-state index >= 15 is 0 Å². The van der Waals surface area contributed by atoms with E-state index < -0.39 is 29.7 Å². The molecule has 10 heteroatoms. The van der Waals surface area contributed by atoms with E-state index in [1.807, 2.05) is 14.0 Å². The van der Waals surface area contributed by atoms with Crippen molar-refractivity contribution in [3.05, 3.63) is 46.1 Å². The van der Waals surface area contributed by atoms with Gasteiger partial charge in [-0.2, -0.15) is 5.10 Å². The summed E-state index contributed by atoms with van der Waals surface area (Å²) in [6.07, 6.45) is 0.220. The molecule has 4 N–H and O–H groups in total. The number of nitrogens with two attached hydrogens (primary N) is 1. The number of fused-ring (bicyclic) bond motifs is 1. The summed E-state index contributed by atoms with van der Waals surface area (Å²) in [5, 5.41) is 9.82. The first-order valence-corrected chi connectivity index (χ1v) is 9.62. The van der Waals surface area contributed by atoms with Crippen LogP contribution in [-0.2, 0) is 29.7 Å². The van der Waals surface area contributed by atoms with Crippen molar-refractivity contribution < 1.29 is 19.2 Å². The Morgan fingerprint density at radius 3 is 2.63 bits per heavy atom. The van der Waals surface area contributed by atoms with Gasteiger partial charge >= 0.3 is 0 Å². The van der Waals surface area contributed by atoms with Crippen molar-refractivity contribution in [1.29, 1.82) is 0 Å². The number of carbonyl (C=O) groups excluding carboxylic acids is 4. The number of hydrogen-bond donors (Lipinski definition) is 3. The number of carbonyl (C=O) groups is 4. The lowest BCUT2D eigenvalue weighted by Gasteiger charge is -2.27. The molecule has 0 spiro atoms. The van der Waals surface area contributed by atoms with E-state index in [1.54, 1.807) is 22.9 Å². The van der Waals surface area contributed by atoms with Crippen LogP contribution in [0.4, 0.5) is 5.82 Å². The molecule has 1 fully saturated rings. The number of nitrogens with zero attached hydrogens (tertiary/aromatic N) is 3. The van der Waals surface area contributed by atoms with Crippen LogP contribution in [0.15, 0.2) is 18.2 Å². The quantitative estimate of drug-likeness (QED) is 0.598. The number of rotatable bonds is 5. The van der Waals surface area contributed by atoms with Crippen LogP contribution >= 0.6 is 0 Å². The third-order valence-corrected chi connectivity index (χ3v) is 5.63. The molecule has 4 amide bonds. The van der Waals surface area contributed by atoms with Crippen LogP contribution in [0.5, 0.6) is 0 Å². The molecule has 0 bridgehead atoms. The number of nitrogens with one attached hydrogen (secondary N) is 2. The van der Waals surface area contributed by atoms with Gasteiger partial charge in [-0.05, 0) is 31.0 Å². The maximum Gasteiger partial charge on any atom is 0.262 e. The van der Waals surface area contributed by atoms with E-state index in [2.05, 4.69) is 15.7 Å². The Labute approximate surface area is 172 Å². The first-order chi connectivity index (χ1) is 14.3. The van der Waals surface area contributed by atoms with Gasteiger partial charge < -0.3 is 11.1 Å². The van der Waals surface area contributed by atoms with E-state index in [0.29, 0.717) is 18.9 Å². The van der Waals surface area contributed by atoms with Crippen LogP contribution in [0.3, 0.4) is 0 Å². The molecule has 1 aromatic carbocycles.